The van der Waals surface area contributed by atoms with Gasteiger partial charge < -0.3 is 10.6 Å². The van der Waals surface area contributed by atoms with Crippen LogP contribution >= 0.6 is 0 Å². The third-order valence-electron chi connectivity index (χ3n) is 2.69. The molecule has 0 aromatic carbocycles. The molecule has 0 saturated carbocycles. The molecule has 0 radical (unpaired) electrons. The molecule has 5 nitrogen and oxygen atoms in total. The Bertz CT molecular complexity index is 477. The Morgan fingerprint density at radius 2 is 2.16 bits per heavy atom. The third-order valence-corrected chi connectivity index (χ3v) is 3.50. The number of pyridine rings is 1. The maximum absolute atomic E-state index is 12.1. The highest BCUT2D eigenvalue weighted by atomic mass is 32.2. The average molecular weight is 283 g/mol. The van der Waals surface area contributed by atoms with Gasteiger partial charge >= 0.3 is 0 Å². The molecule has 0 fully saturated rings. The van der Waals surface area contributed by atoms with Crippen molar-refractivity contribution in [3.8, 4) is 0 Å². The van der Waals surface area contributed by atoms with Crippen molar-refractivity contribution in [1.82, 2.24) is 10.3 Å². The fourth-order valence-corrected chi connectivity index (χ4v) is 2.34. The summed E-state index contributed by atoms with van der Waals surface area (Å²) < 4.78 is 11.0. The number of anilines is 1. The fourth-order valence-electron chi connectivity index (χ4n) is 1.65. The standard InChI is InChI=1S/C13H21N3O2S/c1-9(5-6-19(4)18)16-13(17)11-7-10(2)15-12(8-11)14-3/h7-9H,5-6H2,1-4H3,(H,14,15)(H,16,17). The van der Waals surface area contributed by atoms with Crippen molar-refractivity contribution < 1.29 is 9.00 Å². The molecule has 1 heterocycles. The van der Waals surface area contributed by atoms with Crippen LogP contribution in [0.2, 0.25) is 0 Å². The minimum absolute atomic E-state index is 0.00269. The van der Waals surface area contributed by atoms with E-state index in [4.69, 9.17) is 0 Å². The monoisotopic (exact) mass is 283 g/mol. The van der Waals surface area contributed by atoms with Gasteiger partial charge in [0.25, 0.3) is 5.91 Å². The number of carbonyl (C=O) groups is 1. The van der Waals surface area contributed by atoms with Gasteiger partial charge in [0, 0.05) is 47.2 Å². The molecular formula is C13H21N3O2S. The van der Waals surface area contributed by atoms with Gasteiger partial charge in [-0.3, -0.25) is 9.00 Å². The summed E-state index contributed by atoms with van der Waals surface area (Å²) in [4.78, 5) is 16.3. The van der Waals surface area contributed by atoms with Crippen LogP contribution in [0.1, 0.15) is 29.4 Å². The zero-order valence-corrected chi connectivity index (χ0v) is 12.6. The largest absolute Gasteiger partial charge is 0.373 e. The van der Waals surface area contributed by atoms with Gasteiger partial charge in [0.2, 0.25) is 0 Å². The topological polar surface area (TPSA) is 71.1 Å². The summed E-state index contributed by atoms with van der Waals surface area (Å²) in [6, 6.07) is 3.47. The van der Waals surface area contributed by atoms with Gasteiger partial charge in [-0.1, -0.05) is 0 Å². The number of amides is 1. The minimum atomic E-state index is -0.826. The molecule has 0 saturated heterocycles. The van der Waals surface area contributed by atoms with Crippen molar-refractivity contribution in [2.45, 2.75) is 26.3 Å². The van der Waals surface area contributed by atoms with Crippen molar-refractivity contribution in [1.29, 1.82) is 0 Å². The lowest BCUT2D eigenvalue weighted by molar-refractivity contribution is 0.0939. The first-order valence-electron chi connectivity index (χ1n) is 6.19. The van der Waals surface area contributed by atoms with Crippen molar-refractivity contribution in [3.05, 3.63) is 23.4 Å². The summed E-state index contributed by atoms with van der Waals surface area (Å²) in [6.45, 7) is 3.76. The smallest absolute Gasteiger partial charge is 0.251 e. The van der Waals surface area contributed by atoms with E-state index in [-0.39, 0.29) is 11.9 Å². The van der Waals surface area contributed by atoms with Gasteiger partial charge in [-0.25, -0.2) is 4.98 Å². The number of nitrogens with one attached hydrogen (secondary N) is 2. The number of nitrogens with zero attached hydrogens (tertiary/aromatic N) is 1. The summed E-state index contributed by atoms with van der Waals surface area (Å²) in [6.07, 6.45) is 2.37. The number of hydrogen-bond acceptors (Lipinski definition) is 4. The van der Waals surface area contributed by atoms with E-state index in [0.29, 0.717) is 23.6 Å². The molecular weight excluding hydrogens is 262 g/mol. The van der Waals surface area contributed by atoms with Crippen molar-refractivity contribution >= 4 is 22.5 Å². The van der Waals surface area contributed by atoms with E-state index in [0.717, 1.165) is 5.69 Å². The number of carbonyl (C=O) groups excluding carboxylic acids is 1. The maximum Gasteiger partial charge on any atom is 0.251 e. The Balaban J connectivity index is 2.67. The molecule has 1 rings (SSSR count). The van der Waals surface area contributed by atoms with Crippen LogP contribution in [0, 0.1) is 6.92 Å². The highest BCUT2D eigenvalue weighted by Crippen LogP contribution is 2.10. The molecule has 1 aromatic heterocycles. The molecule has 19 heavy (non-hydrogen) atoms. The third kappa shape index (κ3) is 5.38. The van der Waals surface area contributed by atoms with Crippen LogP contribution in [-0.2, 0) is 10.8 Å². The van der Waals surface area contributed by atoms with Crippen molar-refractivity contribution in [2.24, 2.45) is 0 Å². The highest BCUT2D eigenvalue weighted by Gasteiger charge is 2.11. The Morgan fingerprint density at radius 3 is 2.74 bits per heavy atom. The van der Waals surface area contributed by atoms with Gasteiger partial charge in [0.15, 0.2) is 0 Å². The zero-order chi connectivity index (χ0) is 14.4. The lowest BCUT2D eigenvalue weighted by Gasteiger charge is -2.14. The molecule has 0 bridgehead atoms. The molecule has 2 atom stereocenters. The van der Waals surface area contributed by atoms with Crippen LogP contribution in [0.4, 0.5) is 5.82 Å². The van der Waals surface area contributed by atoms with Crippen LogP contribution in [0.5, 0.6) is 0 Å². The SMILES string of the molecule is CNc1cc(C(=O)NC(C)CCS(C)=O)cc(C)n1. The minimum Gasteiger partial charge on any atom is -0.373 e. The lowest BCUT2D eigenvalue weighted by atomic mass is 10.2. The van der Waals surface area contributed by atoms with Gasteiger partial charge in [0.05, 0.1) is 0 Å². The second-order valence-corrected chi connectivity index (χ2v) is 6.13. The summed E-state index contributed by atoms with van der Waals surface area (Å²) in [5.74, 6) is 1.14. The number of hydrogen-bond donors (Lipinski definition) is 2. The maximum atomic E-state index is 12.1. The first-order chi connectivity index (χ1) is 8.92. The summed E-state index contributed by atoms with van der Waals surface area (Å²) >= 11 is 0. The van der Waals surface area contributed by atoms with E-state index in [2.05, 4.69) is 15.6 Å². The quantitative estimate of drug-likeness (QED) is 0.826. The van der Waals surface area contributed by atoms with Crippen molar-refractivity contribution in [2.75, 3.05) is 24.4 Å². The number of aryl methyl sites for hydroxylation is 1. The second-order valence-electron chi connectivity index (χ2n) is 4.57. The molecule has 0 aliphatic carbocycles. The van der Waals surface area contributed by atoms with Crippen molar-refractivity contribution in [3.63, 3.8) is 0 Å². The summed E-state index contributed by atoms with van der Waals surface area (Å²) in [7, 11) is 0.941. The van der Waals surface area contributed by atoms with Crippen LogP contribution in [-0.4, -0.2) is 40.2 Å². The zero-order valence-electron chi connectivity index (χ0n) is 11.8. The first kappa shape index (κ1) is 15.6. The van der Waals surface area contributed by atoms with E-state index >= 15 is 0 Å². The fraction of sp³-hybridized carbons (Fsp3) is 0.538. The summed E-state index contributed by atoms with van der Waals surface area (Å²) in [5.41, 5.74) is 1.38. The predicted octanol–water partition coefficient (Wildman–Crippen LogP) is 1.32. The molecule has 2 N–H and O–H groups in total. The van der Waals surface area contributed by atoms with E-state index < -0.39 is 10.8 Å². The molecule has 1 aromatic rings. The van der Waals surface area contributed by atoms with E-state index in [1.54, 1.807) is 25.4 Å². The molecule has 0 aliphatic rings. The average Bonchev–Trinajstić information content (AvgIpc) is 2.35. The van der Waals surface area contributed by atoms with E-state index in [9.17, 15) is 9.00 Å². The molecule has 0 aliphatic heterocycles. The Morgan fingerprint density at radius 1 is 1.47 bits per heavy atom. The first-order valence-corrected chi connectivity index (χ1v) is 7.92. The normalized spacial score (nSPS) is 13.7. The molecule has 106 valence electrons. The molecule has 6 heteroatoms. The Labute approximate surface area is 116 Å². The van der Waals surface area contributed by atoms with E-state index in [1.165, 1.54) is 0 Å². The Kier molecular flexibility index (Phi) is 5.95. The van der Waals surface area contributed by atoms with E-state index in [1.807, 2.05) is 13.8 Å². The summed E-state index contributed by atoms with van der Waals surface area (Å²) in [5, 5.41) is 5.83. The van der Waals surface area contributed by atoms with Gasteiger partial charge in [-0.15, -0.1) is 0 Å². The van der Waals surface area contributed by atoms with Crippen LogP contribution in [0.15, 0.2) is 12.1 Å². The van der Waals surface area contributed by atoms with Crippen LogP contribution in [0.25, 0.3) is 0 Å². The molecule has 0 spiro atoms. The lowest BCUT2D eigenvalue weighted by Crippen LogP contribution is -2.33. The van der Waals surface area contributed by atoms with Gasteiger partial charge in [-0.05, 0) is 32.4 Å². The van der Waals surface area contributed by atoms with Crippen LogP contribution in [0.3, 0.4) is 0 Å². The molecule has 1 amide bonds. The van der Waals surface area contributed by atoms with Gasteiger partial charge in [0.1, 0.15) is 5.82 Å². The second kappa shape index (κ2) is 7.23. The number of aromatic nitrogens is 1. The Hall–Kier alpha value is -1.43. The highest BCUT2D eigenvalue weighted by molar-refractivity contribution is 7.84. The van der Waals surface area contributed by atoms with Gasteiger partial charge in [-0.2, -0.15) is 0 Å². The number of rotatable bonds is 6. The molecule has 2 unspecified atom stereocenters. The predicted molar refractivity (Wildman–Crippen MR) is 79.0 cm³/mol. The van der Waals surface area contributed by atoms with Crippen LogP contribution < -0.4 is 10.6 Å².